The quantitative estimate of drug-likeness (QED) is 0.726. The molecule has 1 aliphatic heterocycles. The van der Waals surface area contributed by atoms with E-state index in [1.807, 2.05) is 0 Å². The predicted octanol–water partition coefficient (Wildman–Crippen LogP) is 0.292. The maximum absolute atomic E-state index is 11.4. The summed E-state index contributed by atoms with van der Waals surface area (Å²) in [6.07, 6.45) is 1.53. The number of aliphatic carboxylic acids is 1. The van der Waals surface area contributed by atoms with Gasteiger partial charge in [-0.1, -0.05) is 4.49 Å². The van der Waals surface area contributed by atoms with Crippen molar-refractivity contribution >= 4 is 28.5 Å². The molecule has 8 nitrogen and oxygen atoms in total. The lowest BCUT2D eigenvalue weighted by Gasteiger charge is -2.12. The molecule has 0 aliphatic carbocycles. The lowest BCUT2D eigenvalue weighted by atomic mass is 10.2. The molecule has 98 valence electrons. The Morgan fingerprint density at radius 3 is 3.00 bits per heavy atom. The van der Waals surface area contributed by atoms with Crippen molar-refractivity contribution in [1.82, 2.24) is 14.9 Å². The number of carboxylic acid groups (broad SMARTS) is 1. The molecule has 2 atom stereocenters. The van der Waals surface area contributed by atoms with Crippen molar-refractivity contribution in [3.63, 3.8) is 0 Å². The molecular formula is C9H12N4O4S. The number of hydrogen-bond acceptors (Lipinski definition) is 6. The molecule has 3 N–H and O–H groups in total. The van der Waals surface area contributed by atoms with Gasteiger partial charge in [0.05, 0.1) is 12.3 Å². The second-order valence-corrected chi connectivity index (χ2v) is 4.56. The zero-order valence-electron chi connectivity index (χ0n) is 9.33. The van der Waals surface area contributed by atoms with Crippen LogP contribution < -0.4 is 10.6 Å². The van der Waals surface area contributed by atoms with Crippen LogP contribution in [0.4, 0.5) is 9.80 Å². The van der Waals surface area contributed by atoms with Gasteiger partial charge in [0.2, 0.25) is 0 Å². The minimum absolute atomic E-state index is 0.253. The summed E-state index contributed by atoms with van der Waals surface area (Å²) in [5, 5.41) is 18.0. The van der Waals surface area contributed by atoms with Crippen molar-refractivity contribution in [3.05, 3.63) is 6.20 Å². The number of ether oxygens (including phenoxy) is 1. The lowest BCUT2D eigenvalue weighted by Crippen LogP contribution is -2.35. The molecule has 0 radical (unpaired) electrons. The number of rotatable bonds is 4. The molecule has 0 spiro atoms. The van der Waals surface area contributed by atoms with E-state index < -0.39 is 12.1 Å². The summed E-state index contributed by atoms with van der Waals surface area (Å²) >= 11 is 1.07. The van der Waals surface area contributed by atoms with E-state index in [2.05, 4.69) is 20.2 Å². The molecule has 1 fully saturated rings. The first-order valence-corrected chi connectivity index (χ1v) is 6.13. The van der Waals surface area contributed by atoms with E-state index in [9.17, 15) is 9.59 Å². The molecule has 0 saturated carbocycles. The zero-order chi connectivity index (χ0) is 13.0. The first-order valence-electron chi connectivity index (χ1n) is 5.35. The summed E-state index contributed by atoms with van der Waals surface area (Å²) in [7, 11) is 0. The topological polar surface area (TPSA) is 113 Å². The molecule has 2 rings (SSSR count). The van der Waals surface area contributed by atoms with Crippen molar-refractivity contribution < 1.29 is 19.4 Å². The number of amides is 2. The molecule has 1 aliphatic rings. The van der Waals surface area contributed by atoms with Gasteiger partial charge in [-0.3, -0.25) is 5.32 Å². The van der Waals surface area contributed by atoms with Gasteiger partial charge < -0.3 is 15.2 Å². The molecule has 0 aromatic carbocycles. The van der Waals surface area contributed by atoms with Crippen LogP contribution in [0.15, 0.2) is 6.20 Å². The number of nitrogens with one attached hydrogen (secondary N) is 2. The number of aromatic nitrogens is 2. The highest BCUT2D eigenvalue weighted by atomic mass is 32.1. The number of carbonyl (C=O) groups excluding carboxylic acids is 1. The van der Waals surface area contributed by atoms with Crippen LogP contribution in [0.2, 0.25) is 0 Å². The summed E-state index contributed by atoms with van der Waals surface area (Å²) in [5.74, 6) is -0.960. The fourth-order valence-corrected chi connectivity index (χ4v) is 2.04. The Labute approximate surface area is 106 Å². The minimum atomic E-state index is -0.960. The van der Waals surface area contributed by atoms with Crippen LogP contribution in [0, 0.1) is 0 Å². The first-order chi connectivity index (χ1) is 8.65. The number of nitrogens with zero attached hydrogens (tertiary/aromatic N) is 2. The van der Waals surface area contributed by atoms with Crippen LogP contribution in [0.1, 0.15) is 12.8 Å². The normalized spacial score (nSPS) is 22.7. The van der Waals surface area contributed by atoms with Crippen molar-refractivity contribution in [2.45, 2.75) is 25.0 Å². The van der Waals surface area contributed by atoms with Gasteiger partial charge in [-0.2, -0.15) is 0 Å². The minimum Gasteiger partial charge on any atom is -0.479 e. The van der Waals surface area contributed by atoms with E-state index in [1.54, 1.807) is 0 Å². The van der Waals surface area contributed by atoms with Crippen molar-refractivity contribution in [2.24, 2.45) is 0 Å². The average Bonchev–Trinajstić information content (AvgIpc) is 2.96. The van der Waals surface area contributed by atoms with Gasteiger partial charge in [0.1, 0.15) is 5.00 Å². The molecule has 2 unspecified atom stereocenters. The number of urea groups is 1. The third kappa shape index (κ3) is 3.37. The second-order valence-electron chi connectivity index (χ2n) is 3.78. The predicted molar refractivity (Wildman–Crippen MR) is 62.5 cm³/mol. The molecule has 18 heavy (non-hydrogen) atoms. The number of anilines is 1. The smallest absolute Gasteiger partial charge is 0.332 e. The molecule has 2 heterocycles. The maximum atomic E-state index is 11.4. The van der Waals surface area contributed by atoms with Gasteiger partial charge in [0, 0.05) is 18.1 Å². The van der Waals surface area contributed by atoms with Gasteiger partial charge in [-0.25, -0.2) is 9.59 Å². The number of carboxylic acids is 1. The second kappa shape index (κ2) is 5.74. The molecule has 1 saturated heterocycles. The Balaban J connectivity index is 1.69. The fraction of sp³-hybridized carbons (Fsp3) is 0.556. The van der Waals surface area contributed by atoms with Crippen LogP contribution in [0.3, 0.4) is 0 Å². The molecule has 1 aromatic rings. The third-order valence-electron chi connectivity index (χ3n) is 2.47. The first kappa shape index (κ1) is 12.7. The monoisotopic (exact) mass is 272 g/mol. The van der Waals surface area contributed by atoms with E-state index in [-0.39, 0.29) is 18.7 Å². The van der Waals surface area contributed by atoms with Crippen LogP contribution in [0.5, 0.6) is 0 Å². The zero-order valence-corrected chi connectivity index (χ0v) is 10.1. The van der Waals surface area contributed by atoms with Crippen LogP contribution in [-0.2, 0) is 9.53 Å². The average molecular weight is 272 g/mol. The molecular weight excluding hydrogens is 260 g/mol. The molecule has 0 bridgehead atoms. The van der Waals surface area contributed by atoms with Crippen molar-refractivity contribution in [3.8, 4) is 0 Å². The molecule has 9 heteroatoms. The largest absolute Gasteiger partial charge is 0.479 e. The van der Waals surface area contributed by atoms with E-state index in [0.717, 1.165) is 11.5 Å². The van der Waals surface area contributed by atoms with Crippen LogP contribution >= 0.6 is 11.5 Å². The molecule has 1 aromatic heterocycles. The highest BCUT2D eigenvalue weighted by Crippen LogP contribution is 2.19. The van der Waals surface area contributed by atoms with E-state index >= 15 is 0 Å². The van der Waals surface area contributed by atoms with E-state index in [0.29, 0.717) is 17.8 Å². The standard InChI is InChI=1S/C9H12N4O4S/c14-8(15)6-2-1-5(17-6)3-10-9(16)12-7-4-11-13-18-7/h4-6H,1-3H2,(H,14,15)(H2,10,12,16). The summed E-state index contributed by atoms with van der Waals surface area (Å²) in [4.78, 5) is 22.1. The summed E-state index contributed by atoms with van der Waals surface area (Å²) in [6, 6.07) is -0.386. The van der Waals surface area contributed by atoms with Gasteiger partial charge in [-0.05, 0) is 12.8 Å². The third-order valence-corrected chi connectivity index (χ3v) is 3.05. The Morgan fingerprint density at radius 2 is 2.39 bits per heavy atom. The number of carbonyl (C=O) groups is 2. The summed E-state index contributed by atoms with van der Waals surface area (Å²) in [5.41, 5.74) is 0. The summed E-state index contributed by atoms with van der Waals surface area (Å²) < 4.78 is 8.85. The highest BCUT2D eigenvalue weighted by molar-refractivity contribution is 7.10. The van der Waals surface area contributed by atoms with Crippen LogP contribution in [0.25, 0.3) is 0 Å². The number of hydrogen-bond donors (Lipinski definition) is 3. The van der Waals surface area contributed by atoms with Gasteiger partial charge >= 0.3 is 12.0 Å². The SMILES string of the molecule is O=C(NCC1CCC(C(=O)O)O1)Nc1cnns1. The summed E-state index contributed by atoms with van der Waals surface area (Å²) in [6.45, 7) is 0.280. The van der Waals surface area contributed by atoms with E-state index in [4.69, 9.17) is 9.84 Å². The maximum Gasteiger partial charge on any atom is 0.332 e. The Morgan fingerprint density at radius 1 is 1.56 bits per heavy atom. The van der Waals surface area contributed by atoms with Gasteiger partial charge in [-0.15, -0.1) is 5.10 Å². The van der Waals surface area contributed by atoms with Crippen molar-refractivity contribution in [1.29, 1.82) is 0 Å². The van der Waals surface area contributed by atoms with Crippen LogP contribution in [-0.4, -0.2) is 45.4 Å². The van der Waals surface area contributed by atoms with E-state index in [1.165, 1.54) is 6.20 Å². The highest BCUT2D eigenvalue weighted by Gasteiger charge is 2.30. The van der Waals surface area contributed by atoms with Gasteiger partial charge in [0.25, 0.3) is 0 Å². The van der Waals surface area contributed by atoms with Gasteiger partial charge in [0.15, 0.2) is 6.10 Å². The Hall–Kier alpha value is -1.74. The lowest BCUT2D eigenvalue weighted by molar-refractivity contribution is -0.149. The Bertz CT molecular complexity index is 424. The fourth-order valence-electron chi connectivity index (χ4n) is 1.62. The molecule has 2 amide bonds. The van der Waals surface area contributed by atoms with Crippen molar-refractivity contribution in [2.75, 3.05) is 11.9 Å². The Kier molecular flexibility index (Phi) is 4.05.